The second-order valence-corrected chi connectivity index (χ2v) is 7.96. The number of carbonyl (C=O) groups is 1. The van der Waals surface area contributed by atoms with Crippen molar-refractivity contribution >= 4 is 5.91 Å². The summed E-state index contributed by atoms with van der Waals surface area (Å²) in [5.41, 5.74) is 0. The van der Waals surface area contributed by atoms with E-state index in [0.29, 0.717) is 5.91 Å². The van der Waals surface area contributed by atoms with Gasteiger partial charge in [-0.1, -0.05) is 64.0 Å². The molecule has 0 aromatic rings. The molecule has 3 nitrogen and oxygen atoms in total. The van der Waals surface area contributed by atoms with Crippen LogP contribution in [0.3, 0.4) is 0 Å². The van der Waals surface area contributed by atoms with Crippen molar-refractivity contribution in [1.82, 2.24) is 4.90 Å². The van der Waals surface area contributed by atoms with Crippen LogP contribution in [0.2, 0.25) is 0 Å². The van der Waals surface area contributed by atoms with E-state index in [1.807, 2.05) is 0 Å². The molecule has 1 amide bonds. The second-order valence-electron chi connectivity index (χ2n) is 7.96. The highest BCUT2D eigenvalue weighted by Crippen LogP contribution is 2.13. The van der Waals surface area contributed by atoms with Crippen molar-refractivity contribution in [2.75, 3.05) is 13.1 Å². The number of nitrogens with zero attached hydrogens (tertiary/aromatic N) is 1. The molecule has 0 radical (unpaired) electrons. The molecule has 1 atom stereocenters. The largest absolute Gasteiger partial charge is 0.393 e. The molecule has 0 aromatic carbocycles. The number of allylic oxidation sites excluding steroid dienone is 1. The monoisotopic (exact) mass is 365 g/mol. The van der Waals surface area contributed by atoms with Crippen LogP contribution in [0, 0.1) is 0 Å². The molecule has 0 bridgehead atoms. The Morgan fingerprint density at radius 1 is 0.923 bits per heavy atom. The summed E-state index contributed by atoms with van der Waals surface area (Å²) in [5, 5.41) is 9.91. The van der Waals surface area contributed by atoms with Gasteiger partial charge in [0.15, 0.2) is 0 Å². The summed E-state index contributed by atoms with van der Waals surface area (Å²) < 4.78 is 0. The third kappa shape index (κ3) is 12.5. The predicted molar refractivity (Wildman–Crippen MR) is 111 cm³/mol. The Morgan fingerprint density at radius 3 is 2.38 bits per heavy atom. The quantitative estimate of drug-likeness (QED) is 0.285. The lowest BCUT2D eigenvalue weighted by molar-refractivity contribution is -0.132. The van der Waals surface area contributed by atoms with Gasteiger partial charge in [0.05, 0.1) is 6.10 Å². The van der Waals surface area contributed by atoms with E-state index in [1.165, 1.54) is 64.2 Å². The number of aliphatic hydroxyl groups is 1. The van der Waals surface area contributed by atoms with E-state index >= 15 is 0 Å². The number of rotatable bonds is 15. The Labute approximate surface area is 162 Å². The third-order valence-corrected chi connectivity index (χ3v) is 5.44. The molecule has 0 aromatic heterocycles. The number of hydrogen-bond donors (Lipinski definition) is 1. The zero-order valence-electron chi connectivity index (χ0n) is 17.3. The van der Waals surface area contributed by atoms with E-state index in [4.69, 9.17) is 0 Å². The fourth-order valence-electron chi connectivity index (χ4n) is 3.67. The topological polar surface area (TPSA) is 40.5 Å². The first-order chi connectivity index (χ1) is 12.7. The maximum atomic E-state index is 12.1. The van der Waals surface area contributed by atoms with Gasteiger partial charge in [0.1, 0.15) is 0 Å². The first kappa shape index (κ1) is 23.2. The van der Waals surface area contributed by atoms with E-state index in [1.54, 1.807) is 0 Å². The minimum atomic E-state index is -0.152. The minimum Gasteiger partial charge on any atom is -0.393 e. The second kappa shape index (κ2) is 16.4. The van der Waals surface area contributed by atoms with Crippen molar-refractivity contribution in [1.29, 1.82) is 0 Å². The normalized spacial score (nSPS) is 16.3. The molecular weight excluding hydrogens is 322 g/mol. The number of likely N-dealkylation sites (tertiary alicyclic amines) is 1. The van der Waals surface area contributed by atoms with Crippen molar-refractivity contribution in [3.63, 3.8) is 0 Å². The Bertz CT molecular complexity index is 361. The highest BCUT2D eigenvalue weighted by atomic mass is 16.3. The van der Waals surface area contributed by atoms with Crippen molar-refractivity contribution in [2.24, 2.45) is 0 Å². The fourth-order valence-corrected chi connectivity index (χ4v) is 3.67. The van der Waals surface area contributed by atoms with E-state index in [9.17, 15) is 9.90 Å². The molecule has 1 fully saturated rings. The van der Waals surface area contributed by atoms with Crippen LogP contribution in [0.25, 0.3) is 0 Å². The molecule has 26 heavy (non-hydrogen) atoms. The van der Waals surface area contributed by atoms with Gasteiger partial charge in [-0.15, -0.1) is 0 Å². The van der Waals surface area contributed by atoms with Gasteiger partial charge < -0.3 is 10.0 Å². The van der Waals surface area contributed by atoms with Crippen molar-refractivity contribution in [3.8, 4) is 0 Å². The predicted octanol–water partition coefficient (Wildman–Crippen LogP) is 6.01. The SMILES string of the molecule is CCCCCC[C@@H](O)CC=CCCCCCCCC(=O)N1CCCCC1. The molecule has 1 saturated heterocycles. The molecule has 1 aliphatic rings. The van der Waals surface area contributed by atoms with Gasteiger partial charge in [-0.3, -0.25) is 4.79 Å². The van der Waals surface area contributed by atoms with E-state index in [-0.39, 0.29) is 6.10 Å². The molecule has 1 aliphatic heterocycles. The molecule has 0 saturated carbocycles. The minimum absolute atomic E-state index is 0.152. The average Bonchev–Trinajstić information content (AvgIpc) is 2.67. The van der Waals surface area contributed by atoms with Crippen LogP contribution in [0.1, 0.15) is 110 Å². The van der Waals surface area contributed by atoms with E-state index in [0.717, 1.165) is 51.6 Å². The van der Waals surface area contributed by atoms with Gasteiger partial charge in [0.2, 0.25) is 5.91 Å². The van der Waals surface area contributed by atoms with Gasteiger partial charge in [0, 0.05) is 19.5 Å². The molecular formula is C23H43NO2. The molecule has 0 aliphatic carbocycles. The maximum absolute atomic E-state index is 12.1. The Morgan fingerprint density at radius 2 is 1.62 bits per heavy atom. The lowest BCUT2D eigenvalue weighted by atomic mass is 10.1. The summed E-state index contributed by atoms with van der Waals surface area (Å²) in [4.78, 5) is 14.1. The first-order valence-corrected chi connectivity index (χ1v) is 11.3. The van der Waals surface area contributed by atoms with Crippen LogP contribution in [-0.2, 0) is 4.79 Å². The van der Waals surface area contributed by atoms with Crippen LogP contribution in [0.15, 0.2) is 12.2 Å². The third-order valence-electron chi connectivity index (χ3n) is 5.44. The van der Waals surface area contributed by atoms with E-state index in [2.05, 4.69) is 24.0 Å². The number of aliphatic hydroxyl groups excluding tert-OH is 1. The summed E-state index contributed by atoms with van der Waals surface area (Å²) in [6, 6.07) is 0. The Kier molecular flexibility index (Phi) is 14.6. The number of hydrogen-bond acceptors (Lipinski definition) is 2. The summed E-state index contributed by atoms with van der Waals surface area (Å²) in [6.07, 6.45) is 22.4. The van der Waals surface area contributed by atoms with Crippen LogP contribution in [0.4, 0.5) is 0 Å². The highest BCUT2D eigenvalue weighted by Gasteiger charge is 2.15. The smallest absolute Gasteiger partial charge is 0.222 e. The van der Waals surface area contributed by atoms with Crippen molar-refractivity contribution in [2.45, 2.75) is 116 Å². The van der Waals surface area contributed by atoms with Crippen molar-refractivity contribution < 1.29 is 9.90 Å². The summed E-state index contributed by atoms with van der Waals surface area (Å²) >= 11 is 0. The fraction of sp³-hybridized carbons (Fsp3) is 0.870. The average molecular weight is 366 g/mol. The summed E-state index contributed by atoms with van der Waals surface area (Å²) in [7, 11) is 0. The van der Waals surface area contributed by atoms with Gasteiger partial charge in [-0.05, 0) is 51.4 Å². The molecule has 0 spiro atoms. The standard InChI is InChI=1S/C23H43NO2/c1-2-3-4-12-17-22(25)18-13-9-7-5-6-8-10-14-19-23(26)24-20-15-11-16-21-24/h9,13,22,25H,2-8,10-12,14-21H2,1H3/t22-/m1/s1. The molecule has 152 valence electrons. The molecule has 1 N–H and O–H groups in total. The van der Waals surface area contributed by atoms with Gasteiger partial charge >= 0.3 is 0 Å². The number of piperidine rings is 1. The van der Waals surface area contributed by atoms with Gasteiger partial charge in [-0.2, -0.15) is 0 Å². The molecule has 0 unspecified atom stereocenters. The molecule has 1 rings (SSSR count). The number of carbonyl (C=O) groups excluding carboxylic acids is 1. The Balaban J connectivity index is 1.85. The van der Waals surface area contributed by atoms with Crippen LogP contribution in [-0.4, -0.2) is 35.1 Å². The Hall–Kier alpha value is -0.830. The van der Waals surface area contributed by atoms with Gasteiger partial charge in [0.25, 0.3) is 0 Å². The van der Waals surface area contributed by atoms with Gasteiger partial charge in [-0.25, -0.2) is 0 Å². The van der Waals surface area contributed by atoms with E-state index < -0.39 is 0 Å². The molecule has 3 heteroatoms. The lowest BCUT2D eigenvalue weighted by Crippen LogP contribution is -2.35. The van der Waals surface area contributed by atoms with Crippen LogP contribution in [0.5, 0.6) is 0 Å². The molecule has 1 heterocycles. The summed E-state index contributed by atoms with van der Waals surface area (Å²) in [6.45, 7) is 4.19. The van der Waals surface area contributed by atoms with Crippen molar-refractivity contribution in [3.05, 3.63) is 12.2 Å². The zero-order chi connectivity index (χ0) is 18.9. The summed E-state index contributed by atoms with van der Waals surface area (Å²) in [5.74, 6) is 0.376. The van der Waals surface area contributed by atoms with Crippen LogP contribution >= 0.6 is 0 Å². The lowest BCUT2D eigenvalue weighted by Gasteiger charge is -2.26. The van der Waals surface area contributed by atoms with Crippen LogP contribution < -0.4 is 0 Å². The highest BCUT2D eigenvalue weighted by molar-refractivity contribution is 5.76. The maximum Gasteiger partial charge on any atom is 0.222 e. The number of amides is 1. The number of unbranched alkanes of at least 4 members (excludes halogenated alkanes) is 8. The first-order valence-electron chi connectivity index (χ1n) is 11.3. The zero-order valence-corrected chi connectivity index (χ0v) is 17.3.